The maximum Gasteiger partial charge on any atom is 0.321 e. The number of aromatic nitrogens is 4. The Morgan fingerprint density at radius 1 is 0.941 bits per heavy atom. The minimum atomic E-state index is -0.900. The van der Waals surface area contributed by atoms with Crippen LogP contribution in [0.1, 0.15) is 16.8 Å². The summed E-state index contributed by atoms with van der Waals surface area (Å²) < 4.78 is 0. The van der Waals surface area contributed by atoms with E-state index in [4.69, 9.17) is 10.2 Å². The van der Waals surface area contributed by atoms with Crippen molar-refractivity contribution < 1.29 is 9.90 Å². The van der Waals surface area contributed by atoms with Gasteiger partial charge in [-0.25, -0.2) is 0 Å². The van der Waals surface area contributed by atoms with Gasteiger partial charge in [0.25, 0.3) is 0 Å². The van der Waals surface area contributed by atoms with Crippen molar-refractivity contribution in [2.75, 3.05) is 0 Å². The van der Waals surface area contributed by atoms with Gasteiger partial charge in [-0.15, -0.1) is 0 Å². The molecule has 0 saturated heterocycles. The lowest BCUT2D eigenvalue weighted by molar-refractivity contribution is -0.139. The van der Waals surface area contributed by atoms with Crippen molar-refractivity contribution in [1.82, 2.24) is 25.3 Å². The maximum atomic E-state index is 12.1. The topological polar surface area (TPSA) is 95.8 Å². The van der Waals surface area contributed by atoms with E-state index in [9.17, 15) is 9.90 Å². The number of nitrogens with one attached hydrogen (secondary N) is 2. The number of aromatic amines is 1. The van der Waals surface area contributed by atoms with Gasteiger partial charge < -0.3 is 10.1 Å². The second-order valence-electron chi connectivity index (χ2n) is 8.21. The molecule has 0 unspecified atom stereocenters. The molecule has 0 fully saturated rings. The molecular formula is C27H25N5O2. The molecule has 0 spiro atoms. The number of carboxylic acids is 1. The first-order valence-electron chi connectivity index (χ1n) is 11.2. The van der Waals surface area contributed by atoms with Gasteiger partial charge in [-0.05, 0) is 17.2 Å². The quantitative estimate of drug-likeness (QED) is 0.311. The average Bonchev–Trinajstić information content (AvgIpc) is 3.46. The van der Waals surface area contributed by atoms with E-state index in [2.05, 4.69) is 10.3 Å². The Bertz CT molecular complexity index is 1390. The van der Waals surface area contributed by atoms with Gasteiger partial charge in [0.15, 0.2) is 0 Å². The number of hydrogen-bond acceptors (Lipinski definition) is 4. The molecule has 2 aromatic heterocycles. The van der Waals surface area contributed by atoms with Gasteiger partial charge in [0.2, 0.25) is 0 Å². The highest BCUT2D eigenvalue weighted by Crippen LogP contribution is 2.22. The summed E-state index contributed by atoms with van der Waals surface area (Å²) >= 11 is 0. The second-order valence-corrected chi connectivity index (χ2v) is 8.21. The number of carboxylic acid groups (broad SMARTS) is 1. The normalized spacial score (nSPS) is 12.1. The van der Waals surface area contributed by atoms with Crippen molar-refractivity contribution in [2.24, 2.45) is 0 Å². The van der Waals surface area contributed by atoms with Gasteiger partial charge in [0, 0.05) is 35.6 Å². The third-order valence-corrected chi connectivity index (χ3v) is 5.85. The summed E-state index contributed by atoms with van der Waals surface area (Å²) in [7, 11) is 0. The molecular weight excluding hydrogens is 426 g/mol. The lowest BCUT2D eigenvalue weighted by atomic mass is 10.0. The van der Waals surface area contributed by atoms with Crippen LogP contribution in [0.15, 0.2) is 91.1 Å². The van der Waals surface area contributed by atoms with E-state index in [0.29, 0.717) is 25.2 Å². The van der Waals surface area contributed by atoms with Crippen LogP contribution in [0.25, 0.3) is 22.2 Å². The standard InChI is InChI=1S/C27H25N5O2/c33-27(34)24(15-21-16-28-23-14-8-7-13-22(21)23)29-17-25-26(20-11-5-2-6-12-20)31-32(30-25)18-19-9-3-1-4-10-19/h1-14,16,24,28-29H,15,17-18H2,(H,33,34)/t24-/m1/s1. The number of fused-ring (bicyclic) bond motifs is 1. The van der Waals surface area contributed by atoms with Crippen molar-refractivity contribution in [2.45, 2.75) is 25.6 Å². The Morgan fingerprint density at radius 3 is 2.41 bits per heavy atom. The van der Waals surface area contributed by atoms with E-state index < -0.39 is 12.0 Å². The van der Waals surface area contributed by atoms with Crippen LogP contribution in [0, 0.1) is 0 Å². The SMILES string of the molecule is O=C(O)[C@@H](Cc1c[nH]c2ccccc12)NCc1nn(Cc2ccccc2)nc1-c1ccccc1. The van der Waals surface area contributed by atoms with E-state index in [-0.39, 0.29) is 0 Å². The van der Waals surface area contributed by atoms with Crippen molar-refractivity contribution in [3.63, 3.8) is 0 Å². The van der Waals surface area contributed by atoms with Crippen molar-refractivity contribution in [1.29, 1.82) is 0 Å². The molecule has 7 heteroatoms. The van der Waals surface area contributed by atoms with E-state index in [1.807, 2.05) is 91.1 Å². The van der Waals surface area contributed by atoms with Crippen molar-refractivity contribution in [3.8, 4) is 11.3 Å². The Hall–Kier alpha value is -4.23. The number of rotatable bonds is 9. The fourth-order valence-electron chi connectivity index (χ4n) is 4.13. The lowest BCUT2D eigenvalue weighted by Gasteiger charge is -2.13. The van der Waals surface area contributed by atoms with Crippen LogP contribution in [0.4, 0.5) is 0 Å². The second kappa shape index (κ2) is 9.72. The summed E-state index contributed by atoms with van der Waals surface area (Å²) in [5.74, 6) is -0.900. The molecule has 0 amide bonds. The summed E-state index contributed by atoms with van der Waals surface area (Å²) in [5.41, 5.74) is 5.47. The molecule has 170 valence electrons. The summed E-state index contributed by atoms with van der Waals surface area (Å²) in [5, 5.41) is 23.6. The van der Waals surface area contributed by atoms with Crippen molar-refractivity contribution >= 4 is 16.9 Å². The molecule has 0 aliphatic heterocycles. The molecule has 34 heavy (non-hydrogen) atoms. The lowest BCUT2D eigenvalue weighted by Crippen LogP contribution is -2.38. The van der Waals surface area contributed by atoms with Crippen LogP contribution in [-0.2, 0) is 24.3 Å². The van der Waals surface area contributed by atoms with Gasteiger partial charge in [-0.3, -0.25) is 10.1 Å². The molecule has 0 saturated carbocycles. The largest absolute Gasteiger partial charge is 0.480 e. The van der Waals surface area contributed by atoms with Gasteiger partial charge in [-0.1, -0.05) is 78.9 Å². The van der Waals surface area contributed by atoms with Crippen LogP contribution in [0.3, 0.4) is 0 Å². The molecule has 2 heterocycles. The molecule has 3 N–H and O–H groups in total. The number of hydrogen-bond donors (Lipinski definition) is 3. The van der Waals surface area contributed by atoms with Gasteiger partial charge in [0.1, 0.15) is 17.4 Å². The van der Waals surface area contributed by atoms with E-state index >= 15 is 0 Å². The van der Waals surface area contributed by atoms with Crippen LogP contribution >= 0.6 is 0 Å². The fourth-order valence-corrected chi connectivity index (χ4v) is 4.13. The van der Waals surface area contributed by atoms with Gasteiger partial charge >= 0.3 is 5.97 Å². The predicted molar refractivity (Wildman–Crippen MR) is 131 cm³/mol. The first-order chi connectivity index (χ1) is 16.7. The molecule has 0 bridgehead atoms. The number of para-hydroxylation sites is 1. The minimum Gasteiger partial charge on any atom is -0.480 e. The first-order valence-corrected chi connectivity index (χ1v) is 11.2. The third-order valence-electron chi connectivity index (χ3n) is 5.85. The average molecular weight is 452 g/mol. The Morgan fingerprint density at radius 2 is 1.65 bits per heavy atom. The van der Waals surface area contributed by atoms with E-state index in [1.54, 1.807) is 4.80 Å². The fraction of sp³-hybridized carbons (Fsp3) is 0.148. The van der Waals surface area contributed by atoms with Crippen LogP contribution < -0.4 is 5.32 Å². The molecule has 5 aromatic rings. The molecule has 1 atom stereocenters. The Kier molecular flexibility index (Phi) is 6.18. The Balaban J connectivity index is 1.38. The Labute approximate surface area is 197 Å². The highest BCUT2D eigenvalue weighted by atomic mass is 16.4. The zero-order chi connectivity index (χ0) is 23.3. The number of benzene rings is 3. The molecule has 0 radical (unpaired) electrons. The highest BCUT2D eigenvalue weighted by molar-refractivity contribution is 5.84. The predicted octanol–water partition coefficient (Wildman–Crippen LogP) is 4.26. The van der Waals surface area contributed by atoms with E-state index in [0.717, 1.165) is 33.3 Å². The number of carbonyl (C=O) groups is 1. The van der Waals surface area contributed by atoms with Crippen LogP contribution in [0.5, 0.6) is 0 Å². The zero-order valence-electron chi connectivity index (χ0n) is 18.6. The molecule has 0 aliphatic carbocycles. The highest BCUT2D eigenvalue weighted by Gasteiger charge is 2.21. The van der Waals surface area contributed by atoms with Gasteiger partial charge in [0.05, 0.1) is 6.54 Å². The molecule has 5 rings (SSSR count). The van der Waals surface area contributed by atoms with Gasteiger partial charge in [-0.2, -0.15) is 15.0 Å². The molecule has 7 nitrogen and oxygen atoms in total. The number of H-pyrrole nitrogens is 1. The minimum absolute atomic E-state index is 0.290. The van der Waals surface area contributed by atoms with E-state index in [1.165, 1.54) is 0 Å². The van der Waals surface area contributed by atoms with Crippen LogP contribution in [0.2, 0.25) is 0 Å². The molecule has 0 aliphatic rings. The smallest absolute Gasteiger partial charge is 0.321 e. The third kappa shape index (κ3) is 4.74. The summed E-state index contributed by atoms with van der Waals surface area (Å²) in [6.07, 6.45) is 2.24. The maximum absolute atomic E-state index is 12.1. The number of aliphatic carboxylic acids is 1. The first kappa shape index (κ1) is 21.6. The van der Waals surface area contributed by atoms with Crippen molar-refractivity contribution in [3.05, 3.63) is 108 Å². The van der Waals surface area contributed by atoms with Crippen LogP contribution in [-0.4, -0.2) is 37.1 Å². The summed E-state index contributed by atoms with van der Waals surface area (Å²) in [4.78, 5) is 17.0. The summed E-state index contributed by atoms with van der Waals surface area (Å²) in [6.45, 7) is 0.830. The number of nitrogens with zero attached hydrogens (tertiary/aromatic N) is 3. The zero-order valence-corrected chi connectivity index (χ0v) is 18.6. The summed E-state index contributed by atoms with van der Waals surface area (Å²) in [6, 6.07) is 27.0. The molecule has 3 aromatic carbocycles. The monoisotopic (exact) mass is 451 g/mol.